The Balaban J connectivity index is 3.42. The molecule has 0 atom stereocenters. The first-order chi connectivity index (χ1) is 9.53. The third-order valence-corrected chi connectivity index (χ3v) is 8.17. The van der Waals surface area contributed by atoms with Crippen LogP contribution in [0.3, 0.4) is 0 Å². The van der Waals surface area contributed by atoms with E-state index in [1.807, 2.05) is 13.1 Å². The molecule has 1 aromatic rings. The van der Waals surface area contributed by atoms with Gasteiger partial charge in [0.2, 0.25) is 0 Å². The molecule has 1 N–H and O–H groups in total. The summed E-state index contributed by atoms with van der Waals surface area (Å²) in [4.78, 5) is 22.4. The van der Waals surface area contributed by atoms with Gasteiger partial charge in [-0.25, -0.2) is 4.79 Å². The van der Waals surface area contributed by atoms with E-state index in [4.69, 9.17) is 14.3 Å². The largest absolute Gasteiger partial charge is 0.541 e. The quantitative estimate of drug-likeness (QED) is 0.664. The fourth-order valence-electron chi connectivity index (χ4n) is 1.50. The number of aldehydes is 1. The van der Waals surface area contributed by atoms with Crippen LogP contribution in [-0.4, -0.2) is 32.8 Å². The fraction of sp³-hybridized carbons (Fsp3) is 0.467. The van der Waals surface area contributed by atoms with Crippen molar-refractivity contribution in [3.63, 3.8) is 0 Å². The molecule has 0 spiro atoms. The molecule has 0 fully saturated rings. The van der Waals surface area contributed by atoms with Gasteiger partial charge in [0.05, 0.1) is 18.2 Å². The van der Waals surface area contributed by atoms with Gasteiger partial charge < -0.3 is 14.3 Å². The third-order valence-electron chi connectivity index (χ3n) is 3.84. The Bertz CT molecular complexity index is 558. The molecule has 0 saturated carbocycles. The van der Waals surface area contributed by atoms with E-state index < -0.39 is 14.3 Å². The van der Waals surface area contributed by atoms with Gasteiger partial charge in [0.1, 0.15) is 0 Å². The Labute approximate surface area is 126 Å². The van der Waals surface area contributed by atoms with Gasteiger partial charge in [-0.15, -0.1) is 0 Å². The first-order valence-electron chi connectivity index (χ1n) is 6.63. The van der Waals surface area contributed by atoms with Crippen LogP contribution in [0.15, 0.2) is 12.1 Å². The van der Waals surface area contributed by atoms with Gasteiger partial charge in [-0.1, -0.05) is 20.8 Å². The van der Waals surface area contributed by atoms with E-state index in [0.717, 1.165) is 0 Å². The van der Waals surface area contributed by atoms with Gasteiger partial charge in [0.15, 0.2) is 17.8 Å². The third kappa shape index (κ3) is 3.63. The van der Waals surface area contributed by atoms with Crippen LogP contribution in [0.2, 0.25) is 18.1 Å². The normalized spacial score (nSPS) is 11.9. The van der Waals surface area contributed by atoms with Gasteiger partial charge in [-0.2, -0.15) is 0 Å². The molecule has 0 aliphatic heterocycles. The molecule has 116 valence electrons. The first kappa shape index (κ1) is 17.2. The van der Waals surface area contributed by atoms with Crippen LogP contribution < -0.4 is 9.16 Å². The molecular formula is C15H22O5Si. The summed E-state index contributed by atoms with van der Waals surface area (Å²) in [5.74, 6) is -0.527. The van der Waals surface area contributed by atoms with Crippen molar-refractivity contribution >= 4 is 20.6 Å². The zero-order chi connectivity index (χ0) is 16.4. The monoisotopic (exact) mass is 310 g/mol. The molecule has 1 rings (SSSR count). The molecule has 0 saturated heterocycles. The summed E-state index contributed by atoms with van der Waals surface area (Å²) in [7, 11) is -0.747. The van der Waals surface area contributed by atoms with Crippen LogP contribution in [0.25, 0.3) is 0 Å². The van der Waals surface area contributed by atoms with Gasteiger partial charge >= 0.3 is 5.97 Å². The number of ether oxygens (including phenoxy) is 1. The summed E-state index contributed by atoms with van der Waals surface area (Å²) in [5, 5.41) is 9.02. The summed E-state index contributed by atoms with van der Waals surface area (Å²) in [6.45, 7) is 10.3. The Morgan fingerprint density at radius 3 is 2.24 bits per heavy atom. The highest BCUT2D eigenvalue weighted by atomic mass is 28.4. The fourth-order valence-corrected chi connectivity index (χ4v) is 2.54. The number of aromatic carboxylic acids is 1. The lowest BCUT2D eigenvalue weighted by molar-refractivity contribution is 0.0696. The molecule has 6 heteroatoms. The summed E-state index contributed by atoms with van der Waals surface area (Å²) < 4.78 is 11.3. The molecule has 0 aliphatic rings. The number of carbonyl (C=O) groups is 2. The number of carboxylic acids is 1. The van der Waals surface area contributed by atoms with E-state index in [2.05, 4.69) is 20.8 Å². The second-order valence-corrected chi connectivity index (χ2v) is 11.1. The van der Waals surface area contributed by atoms with E-state index in [9.17, 15) is 9.59 Å². The van der Waals surface area contributed by atoms with Gasteiger partial charge in [0.25, 0.3) is 8.32 Å². The van der Waals surface area contributed by atoms with Crippen molar-refractivity contribution in [3.8, 4) is 11.5 Å². The Morgan fingerprint density at radius 1 is 1.29 bits per heavy atom. The summed E-state index contributed by atoms with van der Waals surface area (Å²) in [6.07, 6.45) is 0.595. The molecule has 1 aromatic carbocycles. The van der Waals surface area contributed by atoms with Crippen molar-refractivity contribution < 1.29 is 23.9 Å². The average molecular weight is 310 g/mol. The Hall–Kier alpha value is -1.82. The number of hydrogen-bond donors (Lipinski definition) is 1. The molecule has 0 aliphatic carbocycles. The number of carbonyl (C=O) groups excluding carboxylic acids is 1. The van der Waals surface area contributed by atoms with Gasteiger partial charge in [-0.3, -0.25) is 4.79 Å². The summed E-state index contributed by atoms with van der Waals surface area (Å²) in [6, 6.07) is 2.68. The van der Waals surface area contributed by atoms with E-state index in [0.29, 0.717) is 12.0 Å². The number of rotatable bonds is 5. The zero-order valence-corrected chi connectivity index (χ0v) is 14.3. The molecule has 5 nitrogen and oxygen atoms in total. The minimum absolute atomic E-state index is 0.00321. The van der Waals surface area contributed by atoms with E-state index >= 15 is 0 Å². The maximum atomic E-state index is 11.3. The number of carboxylic acid groups (broad SMARTS) is 1. The van der Waals surface area contributed by atoms with Crippen molar-refractivity contribution in [1.82, 2.24) is 0 Å². The van der Waals surface area contributed by atoms with Gasteiger partial charge in [-0.05, 0) is 30.3 Å². The van der Waals surface area contributed by atoms with Crippen LogP contribution in [0.5, 0.6) is 11.5 Å². The smallest absolute Gasteiger partial charge is 0.335 e. The minimum atomic E-state index is -2.17. The lowest BCUT2D eigenvalue weighted by Crippen LogP contribution is -2.44. The summed E-state index contributed by atoms with van der Waals surface area (Å²) >= 11 is 0. The highest BCUT2D eigenvalue weighted by molar-refractivity contribution is 6.74. The molecule has 0 unspecified atom stereocenters. The van der Waals surface area contributed by atoms with Crippen LogP contribution >= 0.6 is 0 Å². The molecule has 0 heterocycles. The number of hydrogen-bond acceptors (Lipinski definition) is 4. The first-order valence-corrected chi connectivity index (χ1v) is 9.54. The lowest BCUT2D eigenvalue weighted by atomic mass is 10.1. The lowest BCUT2D eigenvalue weighted by Gasteiger charge is -2.37. The second-order valence-electron chi connectivity index (χ2n) is 6.38. The van der Waals surface area contributed by atoms with E-state index in [1.165, 1.54) is 19.2 Å². The van der Waals surface area contributed by atoms with Crippen molar-refractivity contribution in [1.29, 1.82) is 0 Å². The van der Waals surface area contributed by atoms with E-state index in [1.54, 1.807) is 0 Å². The zero-order valence-electron chi connectivity index (χ0n) is 13.3. The summed E-state index contributed by atoms with van der Waals surface area (Å²) in [5.41, 5.74) is 0.188. The SMILES string of the molecule is COc1cc(C(=O)O)cc(C=O)c1O[Si](C)(C)C(C)(C)C. The highest BCUT2D eigenvalue weighted by Gasteiger charge is 2.40. The van der Waals surface area contributed by atoms with Crippen molar-refractivity contribution in [2.75, 3.05) is 7.11 Å². The predicted molar refractivity (Wildman–Crippen MR) is 83.2 cm³/mol. The topological polar surface area (TPSA) is 72.8 Å². The van der Waals surface area contributed by atoms with Crippen LogP contribution in [0.1, 0.15) is 41.5 Å². The molecule has 0 amide bonds. The molecule has 0 aromatic heterocycles. The predicted octanol–water partition coefficient (Wildman–Crippen LogP) is 3.59. The average Bonchev–Trinajstić information content (AvgIpc) is 2.36. The molecule has 0 radical (unpaired) electrons. The van der Waals surface area contributed by atoms with Crippen molar-refractivity contribution in [3.05, 3.63) is 23.3 Å². The maximum Gasteiger partial charge on any atom is 0.335 e. The Kier molecular flexibility index (Phi) is 4.83. The van der Waals surface area contributed by atoms with Crippen LogP contribution in [0, 0.1) is 0 Å². The second kappa shape index (κ2) is 5.89. The molecular weight excluding hydrogens is 288 g/mol. The van der Waals surface area contributed by atoms with Crippen LogP contribution in [-0.2, 0) is 0 Å². The maximum absolute atomic E-state index is 11.3. The Morgan fingerprint density at radius 2 is 1.86 bits per heavy atom. The van der Waals surface area contributed by atoms with Crippen molar-refractivity contribution in [2.45, 2.75) is 38.9 Å². The highest BCUT2D eigenvalue weighted by Crippen LogP contribution is 2.41. The number of methoxy groups -OCH3 is 1. The van der Waals surface area contributed by atoms with Gasteiger partial charge in [0, 0.05) is 0 Å². The number of benzene rings is 1. The van der Waals surface area contributed by atoms with Crippen molar-refractivity contribution in [2.24, 2.45) is 0 Å². The van der Waals surface area contributed by atoms with E-state index in [-0.39, 0.29) is 21.9 Å². The molecule has 21 heavy (non-hydrogen) atoms. The van der Waals surface area contributed by atoms with Crippen LogP contribution in [0.4, 0.5) is 0 Å². The minimum Gasteiger partial charge on any atom is -0.541 e. The standard InChI is InChI=1S/C15H22O5Si/c1-15(2,3)21(5,6)20-13-11(9-16)7-10(14(17)18)8-12(13)19-4/h7-9H,1-6H3,(H,17,18). The molecule has 0 bridgehead atoms.